The molecule has 22 heavy (non-hydrogen) atoms. The van der Waals surface area contributed by atoms with E-state index in [-0.39, 0.29) is 23.4 Å². The minimum Gasteiger partial charge on any atom is -0.481 e. The van der Waals surface area contributed by atoms with Crippen molar-refractivity contribution in [1.82, 2.24) is 0 Å². The second-order valence-corrected chi connectivity index (χ2v) is 6.08. The van der Waals surface area contributed by atoms with Gasteiger partial charge in [0.05, 0.1) is 16.8 Å². The Hall–Kier alpha value is -2.44. The lowest BCUT2D eigenvalue weighted by atomic mass is 9.71. The zero-order valence-electron chi connectivity index (χ0n) is 11.6. The predicted molar refractivity (Wildman–Crippen MR) is 74.3 cm³/mol. The van der Waals surface area contributed by atoms with Crippen LogP contribution in [0.15, 0.2) is 24.3 Å². The summed E-state index contributed by atoms with van der Waals surface area (Å²) >= 11 is 0. The van der Waals surface area contributed by atoms with Gasteiger partial charge in [0.25, 0.3) is 5.69 Å². The molecule has 0 heterocycles. The number of nitrogens with zero attached hydrogens (tertiary/aromatic N) is 1. The maximum absolute atomic E-state index is 11.5. The maximum Gasteiger partial charge on any atom is 0.307 e. The molecule has 0 unspecified atom stereocenters. The summed E-state index contributed by atoms with van der Waals surface area (Å²) in [5, 5.41) is 29.3. The number of non-ortho nitro benzene ring substituents is 1. The molecule has 0 amide bonds. The number of nitro groups is 1. The molecule has 3 rings (SSSR count). The lowest BCUT2D eigenvalue weighted by Gasteiger charge is -2.31. The summed E-state index contributed by atoms with van der Waals surface area (Å²) in [7, 11) is 0. The molecule has 2 aliphatic carbocycles. The van der Waals surface area contributed by atoms with Gasteiger partial charge in [-0.2, -0.15) is 0 Å². The fourth-order valence-electron chi connectivity index (χ4n) is 4.28. The number of fused-ring (bicyclic) bond motifs is 2. The number of benzene rings is 1. The van der Waals surface area contributed by atoms with E-state index in [0.29, 0.717) is 12.8 Å². The first-order valence-corrected chi connectivity index (χ1v) is 7.10. The SMILES string of the molecule is O=C(O)[C@@H]1[C@H]2C[C@@H]([C@@H]1C(=O)O)[C@H](c1ccc([N+](=O)[O-])cc1)C2. The van der Waals surface area contributed by atoms with Gasteiger partial charge < -0.3 is 10.2 Å². The number of nitro benzene ring substituents is 1. The van der Waals surface area contributed by atoms with Gasteiger partial charge in [-0.1, -0.05) is 12.1 Å². The van der Waals surface area contributed by atoms with E-state index in [1.54, 1.807) is 12.1 Å². The van der Waals surface area contributed by atoms with Gasteiger partial charge in [0.15, 0.2) is 0 Å². The van der Waals surface area contributed by atoms with E-state index in [4.69, 9.17) is 0 Å². The van der Waals surface area contributed by atoms with E-state index in [1.807, 2.05) is 0 Å². The van der Waals surface area contributed by atoms with E-state index >= 15 is 0 Å². The van der Waals surface area contributed by atoms with Crippen molar-refractivity contribution in [3.8, 4) is 0 Å². The normalized spacial score (nSPS) is 32.8. The van der Waals surface area contributed by atoms with Crippen LogP contribution in [0.1, 0.15) is 24.3 Å². The van der Waals surface area contributed by atoms with E-state index in [0.717, 1.165) is 5.56 Å². The standard InChI is InChI=1S/C15H15NO6/c17-14(18)12-8-5-10(11(6-8)13(12)15(19)20)7-1-3-9(4-2-7)16(21)22/h1-4,8,10-13H,5-6H2,(H,17,18)(H,19,20)/t8-,10+,11-,12-,13+/m1/s1. The minimum absolute atomic E-state index is 0.00916. The van der Waals surface area contributed by atoms with Crippen LogP contribution in [0, 0.1) is 33.8 Å². The number of hydrogen-bond acceptors (Lipinski definition) is 4. The first-order chi connectivity index (χ1) is 10.4. The van der Waals surface area contributed by atoms with Crippen molar-refractivity contribution in [3.63, 3.8) is 0 Å². The van der Waals surface area contributed by atoms with Crippen molar-refractivity contribution < 1.29 is 24.7 Å². The molecule has 0 aromatic heterocycles. The highest BCUT2D eigenvalue weighted by Crippen LogP contribution is 2.58. The molecular formula is C15H15NO6. The first kappa shape index (κ1) is 14.5. The largest absolute Gasteiger partial charge is 0.481 e. The van der Waals surface area contributed by atoms with Gasteiger partial charge in [-0.3, -0.25) is 19.7 Å². The maximum atomic E-state index is 11.5. The lowest BCUT2D eigenvalue weighted by Crippen LogP contribution is -2.37. The van der Waals surface area contributed by atoms with Crippen molar-refractivity contribution in [1.29, 1.82) is 0 Å². The molecule has 2 bridgehead atoms. The molecule has 1 aromatic rings. The molecule has 0 aliphatic heterocycles. The summed E-state index contributed by atoms with van der Waals surface area (Å²) in [6.45, 7) is 0. The van der Waals surface area contributed by atoms with E-state index < -0.39 is 28.7 Å². The zero-order chi connectivity index (χ0) is 16.0. The number of hydrogen-bond donors (Lipinski definition) is 2. The van der Waals surface area contributed by atoms with Gasteiger partial charge in [0.1, 0.15) is 0 Å². The predicted octanol–water partition coefficient (Wildman–Crippen LogP) is 2.12. The third kappa shape index (κ3) is 2.13. The molecule has 0 spiro atoms. The van der Waals surface area contributed by atoms with Gasteiger partial charge in [0.2, 0.25) is 0 Å². The first-order valence-electron chi connectivity index (χ1n) is 7.10. The summed E-state index contributed by atoms with van der Waals surface area (Å²) in [6, 6.07) is 6.12. The van der Waals surface area contributed by atoms with Crippen LogP contribution in [0.4, 0.5) is 5.69 Å². The number of rotatable bonds is 4. The molecule has 2 aliphatic rings. The van der Waals surface area contributed by atoms with Gasteiger partial charge in [-0.25, -0.2) is 0 Å². The van der Waals surface area contributed by atoms with Crippen LogP contribution in [0.3, 0.4) is 0 Å². The van der Waals surface area contributed by atoms with Gasteiger partial charge in [-0.05, 0) is 36.2 Å². The molecule has 0 saturated heterocycles. The highest BCUT2D eigenvalue weighted by Gasteiger charge is 2.58. The van der Waals surface area contributed by atoms with E-state index in [9.17, 15) is 29.9 Å². The van der Waals surface area contributed by atoms with Gasteiger partial charge in [-0.15, -0.1) is 0 Å². The Bertz CT molecular complexity index is 640. The monoisotopic (exact) mass is 305 g/mol. The molecule has 7 heteroatoms. The van der Waals surface area contributed by atoms with E-state index in [1.165, 1.54) is 12.1 Å². The molecule has 5 atom stereocenters. The Balaban J connectivity index is 1.88. The van der Waals surface area contributed by atoms with Crippen LogP contribution >= 0.6 is 0 Å². The highest BCUT2D eigenvalue weighted by molar-refractivity contribution is 5.82. The molecule has 116 valence electrons. The van der Waals surface area contributed by atoms with Crippen molar-refractivity contribution >= 4 is 17.6 Å². The fraction of sp³-hybridized carbons (Fsp3) is 0.467. The Morgan fingerprint density at radius 2 is 1.64 bits per heavy atom. The Morgan fingerprint density at radius 3 is 2.14 bits per heavy atom. The molecular weight excluding hydrogens is 290 g/mol. The molecule has 1 aromatic carbocycles. The van der Waals surface area contributed by atoms with Crippen molar-refractivity contribution in [3.05, 3.63) is 39.9 Å². The summed E-state index contributed by atoms with van der Waals surface area (Å²) in [6.07, 6.45) is 1.22. The number of aliphatic carboxylic acids is 2. The second kappa shape index (κ2) is 5.08. The molecule has 2 fully saturated rings. The molecule has 0 radical (unpaired) electrons. The van der Waals surface area contributed by atoms with Crippen LogP contribution in [-0.4, -0.2) is 27.1 Å². The minimum atomic E-state index is -1.06. The summed E-state index contributed by atoms with van der Waals surface area (Å²) in [4.78, 5) is 33.0. The zero-order valence-corrected chi connectivity index (χ0v) is 11.6. The summed E-state index contributed by atoms with van der Waals surface area (Å²) in [5.74, 6) is -4.20. The van der Waals surface area contributed by atoms with Crippen molar-refractivity contribution in [2.75, 3.05) is 0 Å². The summed E-state index contributed by atoms with van der Waals surface area (Å²) < 4.78 is 0. The number of carbonyl (C=O) groups is 2. The topological polar surface area (TPSA) is 118 Å². The van der Waals surface area contributed by atoms with Crippen LogP contribution in [0.5, 0.6) is 0 Å². The molecule has 2 saturated carbocycles. The van der Waals surface area contributed by atoms with Crippen LogP contribution < -0.4 is 0 Å². The Morgan fingerprint density at radius 1 is 1.05 bits per heavy atom. The third-order valence-corrected chi connectivity index (χ3v) is 5.11. The second-order valence-electron chi connectivity index (χ2n) is 6.08. The van der Waals surface area contributed by atoms with Crippen LogP contribution in [0.25, 0.3) is 0 Å². The molecule has 2 N–H and O–H groups in total. The highest BCUT2D eigenvalue weighted by atomic mass is 16.6. The fourth-order valence-corrected chi connectivity index (χ4v) is 4.28. The van der Waals surface area contributed by atoms with Crippen LogP contribution in [-0.2, 0) is 9.59 Å². The van der Waals surface area contributed by atoms with Crippen molar-refractivity contribution in [2.45, 2.75) is 18.8 Å². The Labute approximate surface area is 125 Å². The quantitative estimate of drug-likeness (QED) is 0.649. The average Bonchev–Trinajstić information content (AvgIpc) is 3.04. The summed E-state index contributed by atoms with van der Waals surface area (Å²) in [5.41, 5.74) is 0.846. The van der Waals surface area contributed by atoms with E-state index in [2.05, 4.69) is 0 Å². The third-order valence-electron chi connectivity index (χ3n) is 5.11. The van der Waals surface area contributed by atoms with Crippen molar-refractivity contribution in [2.24, 2.45) is 23.7 Å². The smallest absolute Gasteiger partial charge is 0.307 e. The average molecular weight is 305 g/mol. The van der Waals surface area contributed by atoms with Gasteiger partial charge >= 0.3 is 11.9 Å². The lowest BCUT2D eigenvalue weighted by molar-refractivity contribution is -0.384. The Kier molecular flexibility index (Phi) is 3.35. The number of carboxylic acid groups (broad SMARTS) is 2. The van der Waals surface area contributed by atoms with Gasteiger partial charge in [0, 0.05) is 12.1 Å². The van der Waals surface area contributed by atoms with Crippen LogP contribution in [0.2, 0.25) is 0 Å². The molecule has 7 nitrogen and oxygen atoms in total. The number of carboxylic acids is 2.